The van der Waals surface area contributed by atoms with E-state index >= 15 is 0 Å². The van der Waals surface area contributed by atoms with Gasteiger partial charge in [0.05, 0.1) is 23.9 Å². The van der Waals surface area contributed by atoms with Gasteiger partial charge in [0.25, 0.3) is 5.91 Å². The van der Waals surface area contributed by atoms with Gasteiger partial charge in [0.15, 0.2) is 0 Å². The molecular formula is C12H17N3O2. The number of nitrogens with one attached hydrogen (secondary N) is 2. The monoisotopic (exact) mass is 235 g/mol. The van der Waals surface area contributed by atoms with Crippen molar-refractivity contribution in [3.8, 4) is 0 Å². The third-order valence-corrected chi connectivity index (χ3v) is 2.70. The van der Waals surface area contributed by atoms with Crippen molar-refractivity contribution in [2.45, 2.75) is 19.4 Å². The lowest BCUT2D eigenvalue weighted by Gasteiger charge is -2.13. The zero-order valence-electron chi connectivity index (χ0n) is 9.90. The minimum Gasteiger partial charge on any atom is -0.385 e. The number of amides is 1. The largest absolute Gasteiger partial charge is 0.385 e. The van der Waals surface area contributed by atoms with E-state index in [1.807, 2.05) is 13.0 Å². The van der Waals surface area contributed by atoms with Crippen LogP contribution in [0.1, 0.15) is 23.7 Å². The van der Waals surface area contributed by atoms with Crippen LogP contribution in [0, 0.1) is 0 Å². The third kappa shape index (κ3) is 2.94. The molecule has 1 aromatic heterocycles. The van der Waals surface area contributed by atoms with Crippen molar-refractivity contribution in [3.05, 3.63) is 24.0 Å². The maximum Gasteiger partial charge on any atom is 0.255 e. The Kier molecular flexibility index (Phi) is 3.93. The number of aromatic nitrogens is 1. The Labute approximate surface area is 101 Å². The van der Waals surface area contributed by atoms with Crippen LogP contribution in [0.25, 0.3) is 0 Å². The molecule has 0 aliphatic carbocycles. The molecule has 2 N–H and O–H groups in total. The number of rotatable bonds is 4. The van der Waals surface area contributed by atoms with E-state index in [9.17, 15) is 4.79 Å². The summed E-state index contributed by atoms with van der Waals surface area (Å²) in [5.41, 5.74) is 1.40. The number of nitrogens with zero attached hydrogens (tertiary/aromatic N) is 1. The van der Waals surface area contributed by atoms with Crippen molar-refractivity contribution >= 4 is 11.6 Å². The van der Waals surface area contributed by atoms with Gasteiger partial charge in [-0.2, -0.15) is 0 Å². The molecule has 1 atom stereocenters. The molecule has 5 heteroatoms. The van der Waals surface area contributed by atoms with Gasteiger partial charge in [0.2, 0.25) is 0 Å². The lowest BCUT2D eigenvalue weighted by Crippen LogP contribution is -2.35. The number of carbonyl (C=O) groups is 1. The Balaban J connectivity index is 2.06. The number of pyridine rings is 1. The molecule has 1 amide bonds. The Morgan fingerprint density at radius 3 is 3.24 bits per heavy atom. The summed E-state index contributed by atoms with van der Waals surface area (Å²) in [5.74, 6) is -0.0930. The first-order valence-electron chi connectivity index (χ1n) is 5.87. The molecular weight excluding hydrogens is 218 g/mol. The number of carbonyl (C=O) groups excluding carboxylic acids is 1. The van der Waals surface area contributed by atoms with Gasteiger partial charge in [-0.15, -0.1) is 0 Å². The number of hydrogen-bond acceptors (Lipinski definition) is 4. The smallest absolute Gasteiger partial charge is 0.255 e. The normalized spacial score (nSPS) is 19.0. The molecule has 1 unspecified atom stereocenters. The van der Waals surface area contributed by atoms with Crippen molar-refractivity contribution in [3.63, 3.8) is 0 Å². The summed E-state index contributed by atoms with van der Waals surface area (Å²) in [6.45, 7) is 4.09. The minimum absolute atomic E-state index is 0.0930. The van der Waals surface area contributed by atoms with Crippen molar-refractivity contribution in [1.29, 1.82) is 0 Å². The van der Waals surface area contributed by atoms with Crippen LogP contribution in [0.3, 0.4) is 0 Å². The van der Waals surface area contributed by atoms with Crippen molar-refractivity contribution in [2.24, 2.45) is 0 Å². The van der Waals surface area contributed by atoms with Gasteiger partial charge < -0.3 is 15.4 Å². The van der Waals surface area contributed by atoms with E-state index in [1.165, 1.54) is 0 Å². The quantitative estimate of drug-likeness (QED) is 0.818. The summed E-state index contributed by atoms with van der Waals surface area (Å²) >= 11 is 0. The van der Waals surface area contributed by atoms with E-state index in [0.29, 0.717) is 12.2 Å². The molecule has 5 nitrogen and oxygen atoms in total. The Hall–Kier alpha value is -1.62. The van der Waals surface area contributed by atoms with E-state index in [1.54, 1.807) is 12.4 Å². The highest BCUT2D eigenvalue weighted by Gasteiger charge is 2.20. The van der Waals surface area contributed by atoms with Gasteiger partial charge in [0, 0.05) is 25.5 Å². The molecule has 0 aromatic carbocycles. The summed E-state index contributed by atoms with van der Waals surface area (Å²) in [7, 11) is 0. The maximum atomic E-state index is 12.0. The van der Waals surface area contributed by atoms with Crippen molar-refractivity contribution < 1.29 is 9.53 Å². The summed E-state index contributed by atoms with van der Waals surface area (Å²) in [6, 6.07) is 1.93. The first-order chi connectivity index (χ1) is 8.31. The van der Waals surface area contributed by atoms with E-state index in [4.69, 9.17) is 4.74 Å². The molecule has 92 valence electrons. The average molecular weight is 235 g/mol. The highest BCUT2D eigenvalue weighted by molar-refractivity contribution is 5.99. The van der Waals surface area contributed by atoms with Crippen molar-refractivity contribution in [1.82, 2.24) is 10.3 Å². The van der Waals surface area contributed by atoms with Gasteiger partial charge in [0.1, 0.15) is 0 Å². The Bertz CT molecular complexity index is 389. The number of hydrogen-bond donors (Lipinski definition) is 2. The molecule has 0 saturated carbocycles. The fourth-order valence-electron chi connectivity index (χ4n) is 1.83. The van der Waals surface area contributed by atoms with E-state index < -0.39 is 0 Å². The zero-order valence-corrected chi connectivity index (χ0v) is 9.90. The van der Waals surface area contributed by atoms with Gasteiger partial charge in [-0.1, -0.05) is 0 Å². The number of anilines is 1. The number of ether oxygens (including phenoxy) is 1. The average Bonchev–Trinajstić information content (AvgIpc) is 2.83. The second-order valence-corrected chi connectivity index (χ2v) is 3.99. The highest BCUT2D eigenvalue weighted by atomic mass is 16.5. The molecule has 17 heavy (non-hydrogen) atoms. The lowest BCUT2D eigenvalue weighted by atomic mass is 10.2. The second kappa shape index (κ2) is 5.63. The van der Waals surface area contributed by atoms with E-state index in [2.05, 4.69) is 15.6 Å². The van der Waals surface area contributed by atoms with E-state index in [0.717, 1.165) is 25.3 Å². The topological polar surface area (TPSA) is 63.2 Å². The fourth-order valence-corrected chi connectivity index (χ4v) is 1.83. The highest BCUT2D eigenvalue weighted by Crippen LogP contribution is 2.14. The first-order valence-corrected chi connectivity index (χ1v) is 5.87. The van der Waals surface area contributed by atoms with Crippen LogP contribution >= 0.6 is 0 Å². The summed E-state index contributed by atoms with van der Waals surface area (Å²) in [5, 5.41) is 6.10. The van der Waals surface area contributed by atoms with Gasteiger partial charge in [-0.05, 0) is 19.4 Å². The predicted molar refractivity (Wildman–Crippen MR) is 65.1 cm³/mol. The van der Waals surface area contributed by atoms with Crippen LogP contribution in [-0.2, 0) is 4.74 Å². The standard InChI is InChI=1S/C12H17N3O2/c1-2-14-11-3-5-13-7-10(11)12(16)15-9-4-6-17-8-9/h3,5,7,9H,2,4,6,8H2,1H3,(H,13,14)(H,15,16). The zero-order chi connectivity index (χ0) is 12.1. The molecule has 1 aliphatic rings. The SMILES string of the molecule is CCNc1ccncc1C(=O)NC1CCOC1. The summed E-state index contributed by atoms with van der Waals surface area (Å²) in [6.07, 6.45) is 4.14. The van der Waals surface area contributed by atoms with Crippen LogP contribution in [-0.4, -0.2) is 36.7 Å². The lowest BCUT2D eigenvalue weighted by molar-refractivity contribution is 0.0930. The van der Waals surface area contributed by atoms with Gasteiger partial charge >= 0.3 is 0 Å². The molecule has 1 aromatic rings. The molecule has 1 saturated heterocycles. The molecule has 2 rings (SSSR count). The van der Waals surface area contributed by atoms with Crippen LogP contribution in [0.2, 0.25) is 0 Å². The third-order valence-electron chi connectivity index (χ3n) is 2.70. The minimum atomic E-state index is -0.0930. The van der Waals surface area contributed by atoms with Gasteiger partial charge in [-0.3, -0.25) is 9.78 Å². The molecule has 0 bridgehead atoms. The van der Waals surface area contributed by atoms with Crippen LogP contribution in [0.5, 0.6) is 0 Å². The van der Waals surface area contributed by atoms with Gasteiger partial charge in [-0.25, -0.2) is 0 Å². The van der Waals surface area contributed by atoms with E-state index in [-0.39, 0.29) is 11.9 Å². The molecule has 0 spiro atoms. The van der Waals surface area contributed by atoms with Crippen LogP contribution < -0.4 is 10.6 Å². The Morgan fingerprint density at radius 2 is 2.53 bits per heavy atom. The predicted octanol–water partition coefficient (Wildman–Crippen LogP) is 1.03. The Morgan fingerprint density at radius 1 is 1.65 bits per heavy atom. The fraction of sp³-hybridized carbons (Fsp3) is 0.500. The summed E-state index contributed by atoms with van der Waals surface area (Å²) in [4.78, 5) is 16.0. The van der Waals surface area contributed by atoms with Crippen molar-refractivity contribution in [2.75, 3.05) is 25.1 Å². The second-order valence-electron chi connectivity index (χ2n) is 3.99. The molecule has 1 fully saturated rings. The summed E-state index contributed by atoms with van der Waals surface area (Å²) < 4.78 is 5.23. The maximum absolute atomic E-state index is 12.0. The van der Waals surface area contributed by atoms with Crippen LogP contribution in [0.15, 0.2) is 18.5 Å². The molecule has 2 heterocycles. The van der Waals surface area contributed by atoms with Crippen LogP contribution in [0.4, 0.5) is 5.69 Å². The first kappa shape index (κ1) is 11.9. The molecule has 0 radical (unpaired) electrons. The molecule has 1 aliphatic heterocycles.